The Balaban J connectivity index is 2.07. The van der Waals surface area contributed by atoms with Gasteiger partial charge in [-0.25, -0.2) is 4.39 Å². The van der Waals surface area contributed by atoms with Gasteiger partial charge in [0.1, 0.15) is 5.82 Å². The van der Waals surface area contributed by atoms with Crippen LogP contribution >= 0.6 is 15.9 Å². The van der Waals surface area contributed by atoms with Gasteiger partial charge >= 0.3 is 0 Å². The molecule has 0 radical (unpaired) electrons. The van der Waals surface area contributed by atoms with Crippen LogP contribution in [0.4, 0.5) is 10.1 Å². The van der Waals surface area contributed by atoms with Gasteiger partial charge in [-0.05, 0) is 36.9 Å². The van der Waals surface area contributed by atoms with Crippen LogP contribution in [-0.2, 0) is 13.1 Å². The highest BCUT2D eigenvalue weighted by Crippen LogP contribution is 2.19. The molecular formula is C15H16BrFN2. The molecule has 2 aromatic rings. The first kappa shape index (κ1) is 14.0. The van der Waals surface area contributed by atoms with Crippen molar-refractivity contribution in [2.24, 2.45) is 0 Å². The molecule has 0 unspecified atom stereocenters. The summed E-state index contributed by atoms with van der Waals surface area (Å²) in [6.07, 6.45) is 0. The molecule has 2 aromatic carbocycles. The third-order valence-electron chi connectivity index (χ3n) is 2.92. The molecule has 0 amide bonds. The summed E-state index contributed by atoms with van der Waals surface area (Å²) in [5.41, 5.74) is 8.04. The minimum absolute atomic E-state index is 0.249. The summed E-state index contributed by atoms with van der Waals surface area (Å²) < 4.78 is 14.7. The van der Waals surface area contributed by atoms with Crippen molar-refractivity contribution in [3.63, 3.8) is 0 Å². The molecule has 0 aliphatic rings. The number of benzene rings is 2. The smallest absolute Gasteiger partial charge is 0.129 e. The van der Waals surface area contributed by atoms with Crippen LogP contribution in [0.2, 0.25) is 0 Å². The van der Waals surface area contributed by atoms with E-state index in [1.807, 2.05) is 30.1 Å². The zero-order valence-corrected chi connectivity index (χ0v) is 12.3. The van der Waals surface area contributed by atoms with Gasteiger partial charge in [-0.2, -0.15) is 0 Å². The van der Waals surface area contributed by atoms with E-state index < -0.39 is 0 Å². The van der Waals surface area contributed by atoms with Gasteiger partial charge in [-0.15, -0.1) is 0 Å². The number of nitrogen functional groups attached to an aromatic ring is 1. The third kappa shape index (κ3) is 3.78. The Labute approximate surface area is 121 Å². The van der Waals surface area contributed by atoms with E-state index in [1.165, 1.54) is 11.6 Å². The molecule has 0 heterocycles. The van der Waals surface area contributed by atoms with Gasteiger partial charge < -0.3 is 5.73 Å². The van der Waals surface area contributed by atoms with E-state index in [9.17, 15) is 4.39 Å². The van der Waals surface area contributed by atoms with Crippen molar-refractivity contribution < 1.29 is 4.39 Å². The van der Waals surface area contributed by atoms with Crippen LogP contribution < -0.4 is 5.73 Å². The summed E-state index contributed by atoms with van der Waals surface area (Å²) in [5.74, 6) is -0.249. The molecule has 0 fully saturated rings. The van der Waals surface area contributed by atoms with Crippen LogP contribution in [0.15, 0.2) is 46.9 Å². The van der Waals surface area contributed by atoms with Crippen molar-refractivity contribution in [2.45, 2.75) is 13.1 Å². The fourth-order valence-corrected chi connectivity index (χ4v) is 2.46. The van der Waals surface area contributed by atoms with Crippen LogP contribution in [0.5, 0.6) is 0 Å². The number of halogens is 2. The molecular weight excluding hydrogens is 307 g/mol. The Bertz CT molecular complexity index is 552. The van der Waals surface area contributed by atoms with Crippen molar-refractivity contribution in [3.8, 4) is 0 Å². The first-order chi connectivity index (χ1) is 9.06. The Kier molecular flexibility index (Phi) is 4.56. The molecule has 0 saturated carbocycles. The molecule has 0 bridgehead atoms. The zero-order valence-electron chi connectivity index (χ0n) is 10.7. The van der Waals surface area contributed by atoms with Crippen molar-refractivity contribution >= 4 is 21.6 Å². The zero-order chi connectivity index (χ0) is 13.8. The van der Waals surface area contributed by atoms with Crippen molar-refractivity contribution in [3.05, 3.63) is 63.9 Å². The average molecular weight is 323 g/mol. The fraction of sp³-hybridized carbons (Fsp3) is 0.200. The SMILES string of the molecule is CN(Cc1cccc(Br)c1)Cc1c(N)cccc1F. The van der Waals surface area contributed by atoms with Crippen LogP contribution in [-0.4, -0.2) is 11.9 Å². The van der Waals surface area contributed by atoms with Gasteiger partial charge in [0.15, 0.2) is 0 Å². The topological polar surface area (TPSA) is 29.3 Å². The second-order valence-electron chi connectivity index (χ2n) is 4.61. The summed E-state index contributed by atoms with van der Waals surface area (Å²) in [6, 6.07) is 12.9. The normalized spacial score (nSPS) is 10.9. The van der Waals surface area contributed by atoms with Gasteiger partial charge in [0.25, 0.3) is 0 Å². The number of nitrogens with zero attached hydrogens (tertiary/aromatic N) is 1. The van der Waals surface area contributed by atoms with Crippen LogP contribution in [0.25, 0.3) is 0 Å². The summed E-state index contributed by atoms with van der Waals surface area (Å²) in [5, 5.41) is 0. The summed E-state index contributed by atoms with van der Waals surface area (Å²) in [7, 11) is 1.95. The highest BCUT2D eigenvalue weighted by molar-refractivity contribution is 9.10. The molecule has 19 heavy (non-hydrogen) atoms. The van der Waals surface area contributed by atoms with E-state index >= 15 is 0 Å². The maximum atomic E-state index is 13.7. The first-order valence-corrected chi connectivity index (χ1v) is 6.81. The fourth-order valence-electron chi connectivity index (χ4n) is 2.01. The predicted molar refractivity (Wildman–Crippen MR) is 80.1 cm³/mol. The predicted octanol–water partition coefficient (Wildman–Crippen LogP) is 3.80. The van der Waals surface area contributed by atoms with Gasteiger partial charge in [0.05, 0.1) is 0 Å². The summed E-state index contributed by atoms with van der Waals surface area (Å²) in [4.78, 5) is 2.04. The minimum atomic E-state index is -0.249. The van der Waals surface area contributed by atoms with E-state index in [0.29, 0.717) is 17.8 Å². The van der Waals surface area contributed by atoms with E-state index in [4.69, 9.17) is 5.73 Å². The lowest BCUT2D eigenvalue weighted by Crippen LogP contribution is -2.19. The molecule has 0 aliphatic carbocycles. The molecule has 0 atom stereocenters. The highest BCUT2D eigenvalue weighted by Gasteiger charge is 2.09. The maximum Gasteiger partial charge on any atom is 0.129 e. The van der Waals surface area contributed by atoms with Crippen molar-refractivity contribution in [1.82, 2.24) is 4.90 Å². The third-order valence-corrected chi connectivity index (χ3v) is 3.42. The maximum absolute atomic E-state index is 13.7. The standard InChI is InChI=1S/C15H16BrFN2/c1-19(9-11-4-2-5-12(16)8-11)10-13-14(17)6-3-7-15(13)18/h2-8H,9-10,18H2,1H3. The number of rotatable bonds is 4. The van der Waals surface area contributed by atoms with E-state index in [-0.39, 0.29) is 5.82 Å². The molecule has 2 nitrogen and oxygen atoms in total. The molecule has 0 aliphatic heterocycles. The lowest BCUT2D eigenvalue weighted by molar-refractivity contribution is 0.314. The molecule has 100 valence electrons. The van der Waals surface area contributed by atoms with Gasteiger partial charge in [0.2, 0.25) is 0 Å². The first-order valence-electron chi connectivity index (χ1n) is 6.02. The van der Waals surface area contributed by atoms with Gasteiger partial charge in [0, 0.05) is 28.8 Å². The molecule has 0 spiro atoms. The van der Waals surface area contributed by atoms with Gasteiger partial charge in [-0.1, -0.05) is 34.1 Å². The number of anilines is 1. The second kappa shape index (κ2) is 6.17. The Morgan fingerprint density at radius 2 is 1.89 bits per heavy atom. The Morgan fingerprint density at radius 1 is 1.16 bits per heavy atom. The van der Waals surface area contributed by atoms with E-state index in [2.05, 4.69) is 22.0 Å². The summed E-state index contributed by atoms with van der Waals surface area (Å²) >= 11 is 3.44. The largest absolute Gasteiger partial charge is 0.398 e. The van der Waals surface area contributed by atoms with Crippen molar-refractivity contribution in [2.75, 3.05) is 12.8 Å². The van der Waals surface area contributed by atoms with Crippen molar-refractivity contribution in [1.29, 1.82) is 0 Å². The van der Waals surface area contributed by atoms with Gasteiger partial charge in [-0.3, -0.25) is 4.90 Å². The van der Waals surface area contributed by atoms with E-state index in [1.54, 1.807) is 12.1 Å². The number of hydrogen-bond acceptors (Lipinski definition) is 2. The minimum Gasteiger partial charge on any atom is -0.398 e. The average Bonchev–Trinajstić information content (AvgIpc) is 2.34. The molecule has 2 rings (SSSR count). The molecule has 4 heteroatoms. The quantitative estimate of drug-likeness (QED) is 0.867. The number of nitrogens with two attached hydrogens (primary N) is 1. The molecule has 0 aromatic heterocycles. The number of hydrogen-bond donors (Lipinski definition) is 1. The Hall–Kier alpha value is -1.39. The van der Waals surface area contributed by atoms with Crippen LogP contribution in [0.3, 0.4) is 0 Å². The lowest BCUT2D eigenvalue weighted by Gasteiger charge is -2.18. The van der Waals surface area contributed by atoms with Crippen LogP contribution in [0.1, 0.15) is 11.1 Å². The molecule has 0 saturated heterocycles. The Morgan fingerprint density at radius 3 is 2.58 bits per heavy atom. The monoisotopic (exact) mass is 322 g/mol. The van der Waals surface area contributed by atoms with E-state index in [0.717, 1.165) is 11.0 Å². The van der Waals surface area contributed by atoms with Crippen LogP contribution in [0, 0.1) is 5.82 Å². The second-order valence-corrected chi connectivity index (χ2v) is 5.53. The highest BCUT2D eigenvalue weighted by atomic mass is 79.9. The summed E-state index contributed by atoms with van der Waals surface area (Å²) in [6.45, 7) is 1.23. The molecule has 2 N–H and O–H groups in total. The lowest BCUT2D eigenvalue weighted by atomic mass is 10.1.